The molecule has 2 rings (SSSR count). The second-order valence-electron chi connectivity index (χ2n) is 5.12. The van der Waals surface area contributed by atoms with Gasteiger partial charge in [0.05, 0.1) is 12.7 Å². The summed E-state index contributed by atoms with van der Waals surface area (Å²) in [5.41, 5.74) is 3.22. The Hall–Kier alpha value is -2.33. The van der Waals surface area contributed by atoms with Crippen molar-refractivity contribution >= 4 is 5.97 Å². The molecule has 0 saturated carbocycles. The molecule has 0 fully saturated rings. The first kappa shape index (κ1) is 15.1. The van der Waals surface area contributed by atoms with Gasteiger partial charge in [-0.15, -0.1) is 0 Å². The lowest BCUT2D eigenvalue weighted by molar-refractivity contribution is 0.0696. The van der Waals surface area contributed by atoms with Crippen LogP contribution in [0.15, 0.2) is 42.5 Å². The molecule has 0 spiro atoms. The molecule has 21 heavy (non-hydrogen) atoms. The Morgan fingerprint density at radius 1 is 1.14 bits per heavy atom. The van der Waals surface area contributed by atoms with Crippen LogP contribution < -0.4 is 4.74 Å². The van der Waals surface area contributed by atoms with Gasteiger partial charge in [-0.2, -0.15) is 0 Å². The van der Waals surface area contributed by atoms with Crippen LogP contribution in [0, 0.1) is 0 Å². The lowest BCUT2D eigenvalue weighted by atomic mass is 9.96. The zero-order valence-electron chi connectivity index (χ0n) is 12.5. The van der Waals surface area contributed by atoms with Crippen LogP contribution in [0.3, 0.4) is 0 Å². The summed E-state index contributed by atoms with van der Waals surface area (Å²) in [6.45, 7) is 0.661. The van der Waals surface area contributed by atoms with Crippen molar-refractivity contribution in [1.82, 2.24) is 4.90 Å². The average molecular weight is 285 g/mol. The molecule has 0 aliphatic heterocycles. The van der Waals surface area contributed by atoms with Gasteiger partial charge in [0.2, 0.25) is 0 Å². The Labute approximate surface area is 124 Å². The van der Waals surface area contributed by atoms with Gasteiger partial charge < -0.3 is 14.7 Å². The van der Waals surface area contributed by atoms with E-state index in [1.807, 2.05) is 49.3 Å². The third kappa shape index (κ3) is 3.41. The van der Waals surface area contributed by atoms with E-state index in [1.165, 1.54) is 0 Å². The van der Waals surface area contributed by atoms with E-state index in [1.54, 1.807) is 19.2 Å². The SMILES string of the molecule is COc1ccccc1-c1ccc(C(=O)O)cc1CN(C)C. The van der Waals surface area contributed by atoms with E-state index in [-0.39, 0.29) is 0 Å². The van der Waals surface area contributed by atoms with Crippen molar-refractivity contribution in [2.45, 2.75) is 6.54 Å². The Morgan fingerprint density at radius 3 is 2.48 bits per heavy atom. The number of aromatic carboxylic acids is 1. The Morgan fingerprint density at radius 2 is 1.86 bits per heavy atom. The second-order valence-corrected chi connectivity index (χ2v) is 5.12. The number of carbonyl (C=O) groups is 1. The first-order chi connectivity index (χ1) is 10.0. The lowest BCUT2D eigenvalue weighted by Gasteiger charge is -2.17. The van der Waals surface area contributed by atoms with Crippen molar-refractivity contribution in [1.29, 1.82) is 0 Å². The van der Waals surface area contributed by atoms with Crippen molar-refractivity contribution in [3.8, 4) is 16.9 Å². The van der Waals surface area contributed by atoms with Gasteiger partial charge in [-0.3, -0.25) is 0 Å². The lowest BCUT2D eigenvalue weighted by Crippen LogP contribution is -2.12. The smallest absolute Gasteiger partial charge is 0.335 e. The normalized spacial score (nSPS) is 10.7. The third-order valence-electron chi connectivity index (χ3n) is 3.24. The Bertz CT molecular complexity index is 650. The molecular formula is C17H19NO3. The summed E-state index contributed by atoms with van der Waals surface area (Å²) in [6.07, 6.45) is 0. The highest BCUT2D eigenvalue weighted by Crippen LogP contribution is 2.33. The minimum absolute atomic E-state index is 0.297. The van der Waals surface area contributed by atoms with E-state index in [0.717, 1.165) is 22.4 Å². The molecule has 4 nitrogen and oxygen atoms in total. The maximum Gasteiger partial charge on any atom is 0.335 e. The molecule has 0 aliphatic rings. The van der Waals surface area contributed by atoms with Crippen molar-refractivity contribution < 1.29 is 14.6 Å². The Kier molecular flexibility index (Phi) is 4.60. The van der Waals surface area contributed by atoms with Crippen molar-refractivity contribution in [3.05, 3.63) is 53.6 Å². The molecule has 0 amide bonds. The van der Waals surface area contributed by atoms with Crippen LogP contribution >= 0.6 is 0 Å². The highest BCUT2D eigenvalue weighted by Gasteiger charge is 2.13. The van der Waals surface area contributed by atoms with Crippen LogP contribution in [0.4, 0.5) is 0 Å². The van der Waals surface area contributed by atoms with Crippen molar-refractivity contribution in [3.63, 3.8) is 0 Å². The van der Waals surface area contributed by atoms with Gasteiger partial charge in [0.15, 0.2) is 0 Å². The largest absolute Gasteiger partial charge is 0.496 e. The van der Waals surface area contributed by atoms with Gasteiger partial charge in [0.25, 0.3) is 0 Å². The van der Waals surface area contributed by atoms with Crippen LogP contribution in [-0.2, 0) is 6.54 Å². The van der Waals surface area contributed by atoms with Crippen molar-refractivity contribution in [2.75, 3.05) is 21.2 Å². The van der Waals surface area contributed by atoms with E-state index >= 15 is 0 Å². The van der Waals surface area contributed by atoms with Gasteiger partial charge in [-0.1, -0.05) is 24.3 Å². The summed E-state index contributed by atoms with van der Waals surface area (Å²) in [5.74, 6) is -0.137. The number of hydrogen-bond acceptors (Lipinski definition) is 3. The Balaban J connectivity index is 2.58. The number of hydrogen-bond donors (Lipinski definition) is 1. The molecule has 2 aromatic carbocycles. The van der Waals surface area contributed by atoms with E-state index in [0.29, 0.717) is 12.1 Å². The molecule has 4 heteroatoms. The topological polar surface area (TPSA) is 49.8 Å². The maximum atomic E-state index is 11.2. The molecule has 2 aromatic rings. The predicted octanol–water partition coefficient (Wildman–Crippen LogP) is 3.12. The molecule has 1 N–H and O–H groups in total. The average Bonchev–Trinajstić information content (AvgIpc) is 2.46. The molecule has 0 unspecified atom stereocenters. The monoisotopic (exact) mass is 285 g/mol. The molecule has 0 aliphatic carbocycles. The second kappa shape index (κ2) is 6.41. The van der Waals surface area contributed by atoms with Crippen LogP contribution in [0.5, 0.6) is 5.75 Å². The minimum atomic E-state index is -0.915. The van der Waals surface area contributed by atoms with Gasteiger partial charge in [0.1, 0.15) is 5.75 Å². The molecular weight excluding hydrogens is 266 g/mol. The van der Waals surface area contributed by atoms with E-state index in [4.69, 9.17) is 9.84 Å². The summed E-state index contributed by atoms with van der Waals surface area (Å²) in [6, 6.07) is 12.9. The van der Waals surface area contributed by atoms with Crippen LogP contribution in [-0.4, -0.2) is 37.2 Å². The zero-order valence-corrected chi connectivity index (χ0v) is 12.5. The first-order valence-corrected chi connectivity index (χ1v) is 6.67. The van der Waals surface area contributed by atoms with Crippen LogP contribution in [0.2, 0.25) is 0 Å². The fourth-order valence-electron chi connectivity index (χ4n) is 2.33. The quantitative estimate of drug-likeness (QED) is 0.917. The van der Waals surface area contributed by atoms with Gasteiger partial charge in [0, 0.05) is 12.1 Å². The van der Waals surface area contributed by atoms with Gasteiger partial charge in [-0.25, -0.2) is 4.79 Å². The summed E-state index contributed by atoms with van der Waals surface area (Å²) in [5, 5.41) is 9.17. The number of nitrogens with zero attached hydrogens (tertiary/aromatic N) is 1. The van der Waals surface area contributed by atoms with E-state index in [9.17, 15) is 4.79 Å². The fraction of sp³-hybridized carbons (Fsp3) is 0.235. The number of ether oxygens (including phenoxy) is 1. The zero-order chi connectivity index (χ0) is 15.4. The third-order valence-corrected chi connectivity index (χ3v) is 3.24. The summed E-state index contributed by atoms with van der Waals surface area (Å²) in [4.78, 5) is 13.2. The van der Waals surface area contributed by atoms with Crippen LogP contribution in [0.1, 0.15) is 15.9 Å². The number of para-hydroxylation sites is 1. The molecule has 110 valence electrons. The molecule has 0 bridgehead atoms. The van der Waals surface area contributed by atoms with E-state index < -0.39 is 5.97 Å². The fourth-order valence-corrected chi connectivity index (χ4v) is 2.33. The molecule has 0 saturated heterocycles. The number of methoxy groups -OCH3 is 1. The van der Waals surface area contributed by atoms with E-state index in [2.05, 4.69) is 0 Å². The predicted molar refractivity (Wildman–Crippen MR) is 82.8 cm³/mol. The molecule has 0 radical (unpaired) electrons. The highest BCUT2D eigenvalue weighted by atomic mass is 16.5. The maximum absolute atomic E-state index is 11.2. The van der Waals surface area contributed by atoms with Crippen molar-refractivity contribution in [2.24, 2.45) is 0 Å². The minimum Gasteiger partial charge on any atom is -0.496 e. The first-order valence-electron chi connectivity index (χ1n) is 6.67. The number of carboxylic acid groups (broad SMARTS) is 1. The summed E-state index contributed by atoms with van der Waals surface area (Å²) in [7, 11) is 5.55. The molecule has 0 heterocycles. The summed E-state index contributed by atoms with van der Waals surface area (Å²) < 4.78 is 5.41. The number of benzene rings is 2. The highest BCUT2D eigenvalue weighted by molar-refractivity contribution is 5.89. The van der Waals surface area contributed by atoms with Crippen LogP contribution in [0.25, 0.3) is 11.1 Å². The summed E-state index contributed by atoms with van der Waals surface area (Å²) >= 11 is 0. The standard InChI is InChI=1S/C17H19NO3/c1-18(2)11-13-10-12(17(19)20)8-9-14(13)15-6-4-5-7-16(15)21-3/h4-10H,11H2,1-3H3,(H,19,20). The molecule has 0 atom stereocenters. The molecule has 0 aromatic heterocycles. The van der Waals surface area contributed by atoms with Gasteiger partial charge >= 0.3 is 5.97 Å². The number of carboxylic acids is 1. The number of rotatable bonds is 5. The van der Waals surface area contributed by atoms with Gasteiger partial charge in [-0.05, 0) is 43.4 Å².